The van der Waals surface area contributed by atoms with E-state index in [1.807, 2.05) is 24.3 Å². The molecule has 0 N–H and O–H groups in total. The lowest BCUT2D eigenvalue weighted by atomic mass is 10.0. The van der Waals surface area contributed by atoms with E-state index in [-0.39, 0.29) is 0 Å². The first-order valence-corrected chi connectivity index (χ1v) is 21.7. The van der Waals surface area contributed by atoms with E-state index in [9.17, 15) is 0 Å². The first-order chi connectivity index (χ1) is 31.7. The molecule has 3 heterocycles. The van der Waals surface area contributed by atoms with E-state index in [1.165, 1.54) is 43.4 Å². The van der Waals surface area contributed by atoms with E-state index in [0.717, 1.165) is 61.0 Å². The molecule has 13 rings (SSSR count). The predicted molar refractivity (Wildman–Crippen MR) is 265 cm³/mol. The van der Waals surface area contributed by atoms with E-state index >= 15 is 0 Å². The highest BCUT2D eigenvalue weighted by atomic mass is 15.0. The maximum atomic E-state index is 5.24. The molecule has 0 saturated carbocycles. The van der Waals surface area contributed by atoms with Crippen LogP contribution in [0.4, 0.5) is 0 Å². The second-order valence-corrected chi connectivity index (χ2v) is 16.4. The van der Waals surface area contributed by atoms with Crippen LogP contribution in [0.2, 0.25) is 0 Å². The summed E-state index contributed by atoms with van der Waals surface area (Å²) in [5.41, 5.74) is 12.0. The summed E-state index contributed by atoms with van der Waals surface area (Å²) in [6.45, 7) is 0. The fraction of sp³-hybridized carbons (Fsp3) is 0. The fourth-order valence-corrected chi connectivity index (χ4v) is 9.74. The van der Waals surface area contributed by atoms with E-state index in [4.69, 9.17) is 15.0 Å². The quantitative estimate of drug-likeness (QED) is 0.168. The minimum atomic E-state index is 0.626. The highest BCUT2D eigenvalue weighted by Crippen LogP contribution is 2.43. The van der Waals surface area contributed by atoms with Crippen LogP contribution in [0.3, 0.4) is 0 Å². The number of hydrogen-bond acceptors (Lipinski definition) is 3. The smallest absolute Gasteiger partial charge is 0.164 e. The zero-order chi connectivity index (χ0) is 42.1. The topological polar surface area (TPSA) is 48.5 Å². The van der Waals surface area contributed by atoms with Crippen LogP contribution in [0, 0.1) is 0 Å². The molecule has 64 heavy (non-hydrogen) atoms. The molecule has 0 aliphatic carbocycles. The molecule has 0 aliphatic heterocycles. The molecule has 13 aromatic rings. The second-order valence-electron chi connectivity index (χ2n) is 16.4. The zero-order valence-corrected chi connectivity index (χ0v) is 34.6. The average molecular weight is 816 g/mol. The van der Waals surface area contributed by atoms with Crippen molar-refractivity contribution < 1.29 is 0 Å². The fourth-order valence-electron chi connectivity index (χ4n) is 9.74. The van der Waals surface area contributed by atoms with Crippen LogP contribution in [0.25, 0.3) is 122 Å². The molecule has 0 spiro atoms. The maximum Gasteiger partial charge on any atom is 0.164 e. The van der Waals surface area contributed by atoms with Gasteiger partial charge >= 0.3 is 0 Å². The molecule has 0 unspecified atom stereocenters. The van der Waals surface area contributed by atoms with Crippen molar-refractivity contribution in [2.24, 2.45) is 0 Å². The van der Waals surface area contributed by atoms with Gasteiger partial charge < -0.3 is 9.13 Å². The van der Waals surface area contributed by atoms with Gasteiger partial charge in [-0.3, -0.25) is 0 Å². The van der Waals surface area contributed by atoms with E-state index in [1.54, 1.807) is 0 Å². The van der Waals surface area contributed by atoms with Gasteiger partial charge in [-0.2, -0.15) is 0 Å². The molecular formula is C59H37N5. The van der Waals surface area contributed by atoms with Gasteiger partial charge in [-0.1, -0.05) is 170 Å². The Labute approximate surface area is 368 Å². The summed E-state index contributed by atoms with van der Waals surface area (Å²) in [6.07, 6.45) is 0. The Morgan fingerprint density at radius 3 is 1.48 bits per heavy atom. The summed E-state index contributed by atoms with van der Waals surface area (Å²) < 4.78 is 4.87. The molecular weight excluding hydrogens is 779 g/mol. The van der Waals surface area contributed by atoms with Crippen molar-refractivity contribution in [3.05, 3.63) is 224 Å². The number of para-hydroxylation sites is 2. The van der Waals surface area contributed by atoms with E-state index < -0.39 is 0 Å². The molecule has 5 nitrogen and oxygen atoms in total. The molecule has 0 saturated heterocycles. The highest BCUT2D eigenvalue weighted by Gasteiger charge is 2.22. The second kappa shape index (κ2) is 14.5. The minimum Gasteiger partial charge on any atom is -0.309 e. The van der Waals surface area contributed by atoms with Gasteiger partial charge in [-0.05, 0) is 81.9 Å². The van der Waals surface area contributed by atoms with Gasteiger partial charge in [0.15, 0.2) is 17.5 Å². The molecule has 10 aromatic carbocycles. The van der Waals surface area contributed by atoms with Crippen LogP contribution in [-0.4, -0.2) is 24.1 Å². The summed E-state index contributed by atoms with van der Waals surface area (Å²) in [7, 11) is 0. The number of benzene rings is 10. The van der Waals surface area contributed by atoms with Gasteiger partial charge in [0.2, 0.25) is 0 Å². The van der Waals surface area contributed by atoms with Gasteiger partial charge in [0, 0.05) is 49.3 Å². The molecule has 0 aliphatic rings. The van der Waals surface area contributed by atoms with Crippen molar-refractivity contribution in [2.75, 3.05) is 0 Å². The SMILES string of the molecule is c1ccc(-c2ccc(-c3nc(-c4ccccc4)nc(-c4ccc(-n5c6cc7ccccc7cc6c6cc7c8ccccc8n(-c8ccccc8)c7cc65)c5ccccc45)n3)cc2)cc1. The highest BCUT2D eigenvalue weighted by molar-refractivity contribution is 6.21. The van der Waals surface area contributed by atoms with Crippen molar-refractivity contribution in [2.45, 2.75) is 0 Å². The van der Waals surface area contributed by atoms with Crippen LogP contribution in [0.5, 0.6) is 0 Å². The van der Waals surface area contributed by atoms with Crippen LogP contribution >= 0.6 is 0 Å². The molecule has 0 bridgehead atoms. The summed E-state index contributed by atoms with van der Waals surface area (Å²) in [6, 6.07) is 79.9. The first kappa shape index (κ1) is 36.0. The Morgan fingerprint density at radius 2 is 0.750 bits per heavy atom. The molecule has 0 atom stereocenters. The molecule has 0 amide bonds. The lowest BCUT2D eigenvalue weighted by molar-refractivity contribution is 1.08. The third kappa shape index (κ3) is 5.75. The van der Waals surface area contributed by atoms with Crippen LogP contribution in [-0.2, 0) is 0 Å². The predicted octanol–water partition coefficient (Wildman–Crippen LogP) is 15.0. The average Bonchev–Trinajstić information content (AvgIpc) is 3.86. The molecule has 0 radical (unpaired) electrons. The summed E-state index contributed by atoms with van der Waals surface area (Å²) >= 11 is 0. The van der Waals surface area contributed by atoms with Crippen molar-refractivity contribution in [1.29, 1.82) is 0 Å². The third-order valence-electron chi connectivity index (χ3n) is 12.7. The summed E-state index contributed by atoms with van der Waals surface area (Å²) in [5.74, 6) is 1.89. The molecule has 5 heteroatoms. The minimum absolute atomic E-state index is 0.626. The van der Waals surface area contributed by atoms with Gasteiger partial charge in [0.05, 0.1) is 27.8 Å². The van der Waals surface area contributed by atoms with Crippen molar-refractivity contribution >= 4 is 65.2 Å². The van der Waals surface area contributed by atoms with Crippen LogP contribution in [0.1, 0.15) is 0 Å². The van der Waals surface area contributed by atoms with E-state index in [0.29, 0.717) is 17.5 Å². The summed E-state index contributed by atoms with van der Waals surface area (Å²) in [5, 5.41) is 9.48. The number of fused-ring (bicyclic) bond motifs is 8. The Morgan fingerprint density at radius 1 is 0.266 bits per heavy atom. The van der Waals surface area contributed by atoms with E-state index in [2.05, 4.69) is 209 Å². The van der Waals surface area contributed by atoms with Crippen molar-refractivity contribution in [3.63, 3.8) is 0 Å². The van der Waals surface area contributed by atoms with Gasteiger partial charge in [-0.25, -0.2) is 15.0 Å². The number of rotatable bonds is 6. The summed E-state index contributed by atoms with van der Waals surface area (Å²) in [4.78, 5) is 15.5. The van der Waals surface area contributed by atoms with Gasteiger partial charge in [0.1, 0.15) is 0 Å². The Bertz CT molecular complexity index is 3930. The van der Waals surface area contributed by atoms with Crippen LogP contribution < -0.4 is 0 Å². The molecule has 298 valence electrons. The normalized spacial score (nSPS) is 11.8. The van der Waals surface area contributed by atoms with Gasteiger partial charge in [0.25, 0.3) is 0 Å². The Balaban J connectivity index is 1.06. The maximum absolute atomic E-state index is 5.24. The largest absolute Gasteiger partial charge is 0.309 e. The van der Waals surface area contributed by atoms with Crippen LogP contribution in [0.15, 0.2) is 224 Å². The number of nitrogens with zero attached hydrogens (tertiary/aromatic N) is 5. The van der Waals surface area contributed by atoms with Gasteiger partial charge in [-0.15, -0.1) is 0 Å². The Hall–Kier alpha value is -8.67. The van der Waals surface area contributed by atoms with Crippen molar-refractivity contribution in [1.82, 2.24) is 24.1 Å². The zero-order valence-electron chi connectivity index (χ0n) is 34.6. The first-order valence-electron chi connectivity index (χ1n) is 21.7. The standard InChI is InChI=1S/C59H37N5/c1-4-16-38(17-5-1)39-28-30-41(31-29-39)58-60-57(40-18-6-2-7-19-40)61-59(62-58)48-32-33-53(46-25-13-12-24-45(46)48)64-54-35-43-21-11-10-20-42(43)34-49(54)51-36-50-47-26-14-15-27-52(47)63(55(50)37-56(51)64)44-22-8-3-9-23-44/h1-37H. The third-order valence-corrected chi connectivity index (χ3v) is 12.7. The molecule has 3 aromatic heterocycles. The van der Waals surface area contributed by atoms with Crippen molar-refractivity contribution in [3.8, 4) is 56.7 Å². The lowest BCUT2D eigenvalue weighted by Gasteiger charge is -2.15. The monoisotopic (exact) mass is 815 g/mol. The number of hydrogen-bond donors (Lipinski definition) is 0. The Kier molecular flexibility index (Phi) is 8.15. The lowest BCUT2D eigenvalue weighted by Crippen LogP contribution is -2.02. The number of aromatic nitrogens is 5. The molecule has 0 fully saturated rings.